The molecule has 1 aromatic heterocycles. The minimum absolute atomic E-state index is 0.156. The monoisotopic (exact) mass is 246 g/mol. The van der Waals surface area contributed by atoms with E-state index in [1.807, 2.05) is 18.2 Å². The lowest BCUT2D eigenvalue weighted by atomic mass is 10.1. The number of likely N-dealkylation sites (N-methyl/N-ethyl adjacent to an activating group) is 1. The molecule has 1 aromatic rings. The number of rotatable bonds is 2. The number of pyridine rings is 1. The minimum Gasteiger partial charge on any atom is -0.467 e. The van der Waals surface area contributed by atoms with Crippen LogP contribution in [0.15, 0.2) is 30.0 Å². The Kier molecular flexibility index (Phi) is 3.41. The Morgan fingerprint density at radius 2 is 2.33 bits per heavy atom. The summed E-state index contributed by atoms with van der Waals surface area (Å²) in [6, 6.07) is 4.94. The van der Waals surface area contributed by atoms with E-state index in [2.05, 4.69) is 9.72 Å². The molecule has 18 heavy (non-hydrogen) atoms. The number of hydrogen-bond acceptors (Lipinski definition) is 4. The zero-order valence-corrected chi connectivity index (χ0v) is 10.3. The molecule has 2 rings (SSSR count). The van der Waals surface area contributed by atoms with Crippen molar-refractivity contribution in [3.8, 4) is 0 Å². The summed E-state index contributed by atoms with van der Waals surface area (Å²) in [6.45, 7) is 0. The van der Waals surface area contributed by atoms with E-state index in [0.717, 1.165) is 0 Å². The maximum absolute atomic E-state index is 12.0. The third kappa shape index (κ3) is 2.25. The summed E-state index contributed by atoms with van der Waals surface area (Å²) < 4.78 is 4.68. The van der Waals surface area contributed by atoms with E-state index in [1.165, 1.54) is 12.0 Å². The molecular weight excluding hydrogens is 232 g/mol. The molecule has 0 aromatic carbocycles. The van der Waals surface area contributed by atoms with Gasteiger partial charge in [0.25, 0.3) is 0 Å². The molecule has 1 aliphatic heterocycles. The number of carbonyl (C=O) groups is 2. The van der Waals surface area contributed by atoms with Gasteiger partial charge in [-0.1, -0.05) is 6.07 Å². The fraction of sp³-hybridized carbons (Fsp3) is 0.308. The summed E-state index contributed by atoms with van der Waals surface area (Å²) in [6.07, 6.45) is 3.73. The number of aromatic nitrogens is 1. The van der Waals surface area contributed by atoms with E-state index in [1.54, 1.807) is 19.3 Å². The Balaban J connectivity index is 2.24. The molecule has 0 bridgehead atoms. The smallest absolute Gasteiger partial charge is 0.328 e. The Bertz CT molecular complexity index is 496. The van der Waals surface area contributed by atoms with Gasteiger partial charge in [0.15, 0.2) is 0 Å². The Morgan fingerprint density at radius 1 is 1.56 bits per heavy atom. The molecule has 0 radical (unpaired) electrons. The second-order valence-electron chi connectivity index (χ2n) is 4.08. The van der Waals surface area contributed by atoms with Crippen molar-refractivity contribution in [3.63, 3.8) is 0 Å². The van der Waals surface area contributed by atoms with Crippen LogP contribution < -0.4 is 0 Å². The molecule has 0 spiro atoms. The summed E-state index contributed by atoms with van der Waals surface area (Å²) in [5, 5.41) is 0. The molecule has 0 N–H and O–H groups in total. The highest BCUT2D eigenvalue weighted by molar-refractivity contribution is 6.03. The van der Waals surface area contributed by atoms with Crippen molar-refractivity contribution in [3.05, 3.63) is 35.7 Å². The number of amides is 1. The molecule has 1 amide bonds. The van der Waals surface area contributed by atoms with Crippen molar-refractivity contribution in [1.29, 1.82) is 0 Å². The second kappa shape index (κ2) is 5.00. The number of likely N-dealkylation sites (tertiary alicyclic amines) is 1. The molecular formula is C13H14N2O3. The van der Waals surface area contributed by atoms with Crippen molar-refractivity contribution >= 4 is 18.0 Å². The van der Waals surface area contributed by atoms with Crippen LogP contribution in [-0.2, 0) is 14.3 Å². The summed E-state index contributed by atoms with van der Waals surface area (Å²) in [7, 11) is 2.92. The molecule has 0 saturated carbocycles. The Hall–Kier alpha value is -2.17. The lowest BCUT2D eigenvalue weighted by Crippen LogP contribution is -2.35. The molecule has 5 nitrogen and oxygen atoms in total. The van der Waals surface area contributed by atoms with Gasteiger partial charge >= 0.3 is 5.97 Å². The van der Waals surface area contributed by atoms with Crippen LogP contribution in [0, 0.1) is 0 Å². The van der Waals surface area contributed by atoms with Gasteiger partial charge in [-0.3, -0.25) is 9.78 Å². The number of methoxy groups -OCH3 is 1. The lowest BCUT2D eigenvalue weighted by molar-refractivity contribution is -0.148. The van der Waals surface area contributed by atoms with Crippen LogP contribution in [0.4, 0.5) is 0 Å². The van der Waals surface area contributed by atoms with E-state index in [9.17, 15) is 9.59 Å². The van der Waals surface area contributed by atoms with Gasteiger partial charge < -0.3 is 9.64 Å². The van der Waals surface area contributed by atoms with Gasteiger partial charge in [0.05, 0.1) is 12.8 Å². The first-order valence-electron chi connectivity index (χ1n) is 5.60. The van der Waals surface area contributed by atoms with E-state index < -0.39 is 12.0 Å². The third-order valence-corrected chi connectivity index (χ3v) is 2.96. The van der Waals surface area contributed by atoms with Crippen LogP contribution in [0.2, 0.25) is 0 Å². The van der Waals surface area contributed by atoms with Crippen molar-refractivity contribution in [2.24, 2.45) is 0 Å². The normalized spacial score (nSPS) is 21.4. The highest BCUT2D eigenvalue weighted by Gasteiger charge is 2.37. The quantitative estimate of drug-likeness (QED) is 0.574. The molecule has 0 aliphatic carbocycles. The Labute approximate surface area is 105 Å². The van der Waals surface area contributed by atoms with Crippen LogP contribution in [0.1, 0.15) is 12.1 Å². The molecule has 94 valence electrons. The predicted octanol–water partition coefficient (Wildman–Crippen LogP) is 0.869. The van der Waals surface area contributed by atoms with Gasteiger partial charge in [0.1, 0.15) is 6.04 Å². The zero-order valence-electron chi connectivity index (χ0n) is 10.3. The van der Waals surface area contributed by atoms with Gasteiger partial charge in [-0.15, -0.1) is 0 Å². The summed E-state index contributed by atoms with van der Waals surface area (Å²) >= 11 is 0. The number of ether oxygens (including phenoxy) is 1. The Morgan fingerprint density at radius 3 is 2.94 bits per heavy atom. The first kappa shape index (κ1) is 12.3. The molecule has 1 saturated heterocycles. The van der Waals surface area contributed by atoms with Crippen molar-refractivity contribution in [2.75, 3.05) is 14.2 Å². The van der Waals surface area contributed by atoms with Crippen molar-refractivity contribution in [2.45, 2.75) is 12.5 Å². The first-order valence-corrected chi connectivity index (χ1v) is 5.60. The number of nitrogens with zero attached hydrogens (tertiary/aromatic N) is 2. The summed E-state index contributed by atoms with van der Waals surface area (Å²) in [5.74, 6) is -0.550. The molecule has 5 heteroatoms. The molecule has 1 fully saturated rings. The van der Waals surface area contributed by atoms with E-state index in [-0.39, 0.29) is 5.91 Å². The highest BCUT2D eigenvalue weighted by Crippen LogP contribution is 2.24. The predicted molar refractivity (Wildman–Crippen MR) is 65.4 cm³/mol. The average Bonchev–Trinajstić information content (AvgIpc) is 2.67. The van der Waals surface area contributed by atoms with E-state index >= 15 is 0 Å². The van der Waals surface area contributed by atoms with Crippen molar-refractivity contribution < 1.29 is 14.3 Å². The fourth-order valence-electron chi connectivity index (χ4n) is 1.94. The third-order valence-electron chi connectivity index (χ3n) is 2.96. The SMILES string of the molecule is COC(=O)[C@@H]1C/C(=C\c2ccccn2)C(=O)N1C. The number of hydrogen-bond donors (Lipinski definition) is 0. The van der Waals surface area contributed by atoms with Gasteiger partial charge in [-0.25, -0.2) is 4.79 Å². The average molecular weight is 246 g/mol. The zero-order chi connectivity index (χ0) is 13.1. The largest absolute Gasteiger partial charge is 0.467 e. The number of carbonyl (C=O) groups excluding carboxylic acids is 2. The van der Waals surface area contributed by atoms with Gasteiger partial charge in [0, 0.05) is 25.2 Å². The van der Waals surface area contributed by atoms with Crippen LogP contribution >= 0.6 is 0 Å². The standard InChI is InChI=1S/C13H14N2O3/c1-15-11(13(17)18-2)8-9(12(15)16)7-10-5-3-4-6-14-10/h3-7,11H,8H2,1-2H3/b9-7+/t11-/m0/s1. The van der Waals surface area contributed by atoms with Crippen molar-refractivity contribution in [1.82, 2.24) is 9.88 Å². The maximum atomic E-state index is 12.0. The van der Waals surface area contributed by atoms with E-state index in [4.69, 9.17) is 0 Å². The maximum Gasteiger partial charge on any atom is 0.328 e. The summed E-state index contributed by atoms with van der Waals surface area (Å²) in [4.78, 5) is 29.0. The van der Waals surface area contributed by atoms with Gasteiger partial charge in [-0.05, 0) is 18.2 Å². The van der Waals surface area contributed by atoms with Crippen LogP contribution in [0.25, 0.3) is 6.08 Å². The molecule has 1 atom stereocenters. The van der Waals surface area contributed by atoms with Crippen LogP contribution in [0.3, 0.4) is 0 Å². The molecule has 1 aliphatic rings. The highest BCUT2D eigenvalue weighted by atomic mass is 16.5. The molecule has 2 heterocycles. The lowest BCUT2D eigenvalue weighted by Gasteiger charge is -2.15. The minimum atomic E-state index is -0.530. The van der Waals surface area contributed by atoms with Gasteiger partial charge in [0.2, 0.25) is 5.91 Å². The second-order valence-corrected chi connectivity index (χ2v) is 4.08. The first-order chi connectivity index (χ1) is 8.63. The van der Waals surface area contributed by atoms with E-state index in [0.29, 0.717) is 17.7 Å². The van der Waals surface area contributed by atoms with Gasteiger partial charge in [-0.2, -0.15) is 0 Å². The summed E-state index contributed by atoms with van der Waals surface area (Å²) in [5.41, 5.74) is 1.28. The van der Waals surface area contributed by atoms with Crippen LogP contribution in [-0.4, -0.2) is 42.0 Å². The molecule has 0 unspecified atom stereocenters. The number of esters is 1. The fourth-order valence-corrected chi connectivity index (χ4v) is 1.94. The topological polar surface area (TPSA) is 59.5 Å². The van der Waals surface area contributed by atoms with Crippen LogP contribution in [0.5, 0.6) is 0 Å².